The minimum Gasteiger partial charge on any atom is -0.355 e. The van der Waals surface area contributed by atoms with Gasteiger partial charge in [-0.25, -0.2) is 9.88 Å². The molecule has 3 N–H and O–H groups in total. The van der Waals surface area contributed by atoms with E-state index in [9.17, 15) is 15.0 Å². The highest BCUT2D eigenvalue weighted by molar-refractivity contribution is 5.92. The molecule has 3 aliphatic rings. The van der Waals surface area contributed by atoms with Crippen LogP contribution in [0.4, 0.5) is 5.82 Å². The Hall–Kier alpha value is -1.74. The number of rotatable bonds is 6. The van der Waals surface area contributed by atoms with E-state index in [-0.39, 0.29) is 18.4 Å². The average Bonchev–Trinajstić information content (AvgIpc) is 3.60. The fraction of sp³-hybridized carbons (Fsp3) is 0.739. The lowest BCUT2D eigenvalue weighted by molar-refractivity contribution is -0.276. The Kier molecular flexibility index (Phi) is 6.81. The number of hydrogen-bond acceptors (Lipinski definition) is 7. The maximum absolute atomic E-state index is 12.4. The lowest BCUT2D eigenvalue weighted by atomic mass is 10.0. The summed E-state index contributed by atoms with van der Waals surface area (Å²) in [5.74, 6) is -0.621. The van der Waals surface area contributed by atoms with Gasteiger partial charge in [-0.2, -0.15) is 0 Å². The number of nitrogens with one attached hydrogen (secondary N) is 1. The summed E-state index contributed by atoms with van der Waals surface area (Å²) < 4.78 is 0. The molecule has 2 aliphatic heterocycles. The molecule has 3 fully saturated rings. The second kappa shape index (κ2) is 9.40. The van der Waals surface area contributed by atoms with Gasteiger partial charge in [0.25, 0.3) is 5.91 Å². The third-order valence-electron chi connectivity index (χ3n) is 7.00. The Morgan fingerprint density at radius 2 is 1.87 bits per heavy atom. The zero-order valence-corrected chi connectivity index (χ0v) is 18.8. The van der Waals surface area contributed by atoms with Crippen LogP contribution in [0.1, 0.15) is 56.4 Å². The zero-order valence-electron chi connectivity index (χ0n) is 18.8. The SMILES string of the molecule is CC(C)N1CCC(N2CCN(c3cccc(C(=O)NCC4CC4)n3)CCC2(O)O)CC1. The summed E-state index contributed by atoms with van der Waals surface area (Å²) in [6.07, 6.45) is 4.49. The van der Waals surface area contributed by atoms with Crippen molar-refractivity contribution in [1.29, 1.82) is 0 Å². The van der Waals surface area contributed by atoms with Crippen molar-refractivity contribution < 1.29 is 15.0 Å². The third kappa shape index (κ3) is 5.55. The maximum Gasteiger partial charge on any atom is 0.269 e. The van der Waals surface area contributed by atoms with E-state index in [4.69, 9.17) is 0 Å². The highest BCUT2D eigenvalue weighted by atomic mass is 16.5. The van der Waals surface area contributed by atoms with E-state index in [0.717, 1.165) is 32.5 Å². The standard InChI is InChI=1S/C23H37N5O3/c1-17(2)26-11-8-19(9-12-26)28-15-14-27(13-10-23(28,30)31)21-5-3-4-20(25-21)22(29)24-16-18-6-7-18/h3-5,17-19,30-31H,6-16H2,1-2H3,(H,24,29). The molecule has 8 nitrogen and oxygen atoms in total. The Morgan fingerprint density at radius 1 is 1.13 bits per heavy atom. The molecule has 1 amide bonds. The van der Waals surface area contributed by atoms with E-state index >= 15 is 0 Å². The summed E-state index contributed by atoms with van der Waals surface area (Å²) in [7, 11) is 0. The van der Waals surface area contributed by atoms with Gasteiger partial charge in [-0.15, -0.1) is 0 Å². The summed E-state index contributed by atoms with van der Waals surface area (Å²) in [6.45, 7) is 8.79. The number of pyridine rings is 1. The van der Waals surface area contributed by atoms with Gasteiger partial charge in [0, 0.05) is 44.7 Å². The van der Waals surface area contributed by atoms with Crippen LogP contribution in [-0.4, -0.2) is 88.2 Å². The number of piperidine rings is 1. The molecule has 1 aromatic heterocycles. The minimum atomic E-state index is -1.82. The monoisotopic (exact) mass is 431 g/mol. The molecule has 0 aromatic carbocycles. The first kappa shape index (κ1) is 22.5. The number of likely N-dealkylation sites (tertiary alicyclic amines) is 1. The Morgan fingerprint density at radius 3 is 2.55 bits per heavy atom. The van der Waals surface area contributed by atoms with Gasteiger partial charge in [0.2, 0.25) is 5.91 Å². The first-order valence-electron chi connectivity index (χ1n) is 11.8. The Labute approximate surface area is 185 Å². The van der Waals surface area contributed by atoms with Crippen LogP contribution in [0.3, 0.4) is 0 Å². The van der Waals surface area contributed by atoms with E-state index in [1.165, 1.54) is 12.8 Å². The lowest BCUT2D eigenvalue weighted by Crippen LogP contribution is -2.57. The fourth-order valence-electron chi connectivity index (χ4n) is 4.74. The molecule has 0 bridgehead atoms. The Bertz CT molecular complexity index is 759. The van der Waals surface area contributed by atoms with Crippen molar-refractivity contribution in [3.05, 3.63) is 23.9 Å². The number of hydrogen-bond donors (Lipinski definition) is 3. The number of nitrogens with zero attached hydrogens (tertiary/aromatic N) is 4. The van der Waals surface area contributed by atoms with Gasteiger partial charge in [0.15, 0.2) is 0 Å². The Balaban J connectivity index is 1.39. The number of carbonyl (C=O) groups is 1. The molecule has 3 heterocycles. The van der Waals surface area contributed by atoms with E-state index in [0.29, 0.717) is 43.1 Å². The largest absolute Gasteiger partial charge is 0.355 e. The van der Waals surface area contributed by atoms with Crippen molar-refractivity contribution in [1.82, 2.24) is 20.1 Å². The smallest absolute Gasteiger partial charge is 0.269 e. The van der Waals surface area contributed by atoms with Crippen molar-refractivity contribution in [3.8, 4) is 0 Å². The summed E-state index contributed by atoms with van der Waals surface area (Å²) in [5, 5.41) is 24.6. The predicted octanol–water partition coefficient (Wildman–Crippen LogP) is 1.24. The number of aromatic nitrogens is 1. The molecule has 0 radical (unpaired) electrons. The van der Waals surface area contributed by atoms with Crippen molar-refractivity contribution in [2.24, 2.45) is 5.92 Å². The van der Waals surface area contributed by atoms with E-state index < -0.39 is 5.91 Å². The molecule has 172 valence electrons. The predicted molar refractivity (Wildman–Crippen MR) is 120 cm³/mol. The van der Waals surface area contributed by atoms with Gasteiger partial charge in [-0.1, -0.05) is 6.07 Å². The quantitative estimate of drug-likeness (QED) is 0.584. The zero-order chi connectivity index (χ0) is 22.0. The second-order valence-corrected chi connectivity index (χ2v) is 9.60. The fourth-order valence-corrected chi connectivity index (χ4v) is 4.74. The number of carbonyl (C=O) groups excluding carboxylic acids is 1. The van der Waals surface area contributed by atoms with Crippen LogP contribution in [0.2, 0.25) is 0 Å². The molecule has 0 atom stereocenters. The molecule has 2 saturated heterocycles. The molecule has 1 aromatic rings. The van der Waals surface area contributed by atoms with E-state index in [1.807, 2.05) is 17.0 Å². The van der Waals surface area contributed by atoms with Crippen LogP contribution in [-0.2, 0) is 0 Å². The molecule has 1 aliphatic carbocycles. The first-order valence-corrected chi connectivity index (χ1v) is 11.8. The molecular weight excluding hydrogens is 394 g/mol. The van der Waals surface area contributed by atoms with Crippen LogP contribution >= 0.6 is 0 Å². The van der Waals surface area contributed by atoms with Gasteiger partial charge in [0.1, 0.15) is 11.5 Å². The van der Waals surface area contributed by atoms with Crippen LogP contribution < -0.4 is 10.2 Å². The summed E-state index contributed by atoms with van der Waals surface area (Å²) >= 11 is 0. The number of amides is 1. The van der Waals surface area contributed by atoms with E-state index in [1.54, 1.807) is 6.07 Å². The average molecular weight is 432 g/mol. The molecule has 1 saturated carbocycles. The van der Waals surface area contributed by atoms with Gasteiger partial charge < -0.3 is 25.3 Å². The van der Waals surface area contributed by atoms with Gasteiger partial charge >= 0.3 is 0 Å². The van der Waals surface area contributed by atoms with Gasteiger partial charge in [0.05, 0.1) is 0 Å². The topological polar surface area (TPSA) is 92.2 Å². The summed E-state index contributed by atoms with van der Waals surface area (Å²) in [5.41, 5.74) is 0.416. The van der Waals surface area contributed by atoms with Gasteiger partial charge in [-0.05, 0) is 70.7 Å². The maximum atomic E-state index is 12.4. The van der Waals surface area contributed by atoms with Crippen LogP contribution in [0.15, 0.2) is 18.2 Å². The second-order valence-electron chi connectivity index (χ2n) is 9.60. The molecular formula is C23H37N5O3. The summed E-state index contributed by atoms with van der Waals surface area (Å²) in [6, 6.07) is 6.17. The lowest BCUT2D eigenvalue weighted by Gasteiger charge is -2.44. The normalized spacial score (nSPS) is 23.7. The van der Waals surface area contributed by atoms with Crippen LogP contribution in [0.25, 0.3) is 0 Å². The molecule has 31 heavy (non-hydrogen) atoms. The third-order valence-corrected chi connectivity index (χ3v) is 7.00. The molecule has 8 heteroatoms. The molecule has 4 rings (SSSR count). The first-order chi connectivity index (χ1) is 14.8. The summed E-state index contributed by atoms with van der Waals surface area (Å²) in [4.78, 5) is 23.4. The van der Waals surface area contributed by atoms with Crippen LogP contribution in [0.5, 0.6) is 0 Å². The van der Waals surface area contributed by atoms with Gasteiger partial charge in [-0.3, -0.25) is 4.79 Å². The highest BCUT2D eigenvalue weighted by Crippen LogP contribution is 2.29. The van der Waals surface area contributed by atoms with Crippen LogP contribution in [0, 0.1) is 5.92 Å². The van der Waals surface area contributed by atoms with Crippen molar-refractivity contribution in [2.45, 2.75) is 63.9 Å². The van der Waals surface area contributed by atoms with E-state index in [2.05, 4.69) is 33.9 Å². The van der Waals surface area contributed by atoms with Crippen molar-refractivity contribution in [2.75, 3.05) is 44.2 Å². The number of anilines is 1. The molecule has 0 unspecified atom stereocenters. The number of aliphatic hydroxyl groups is 2. The van der Waals surface area contributed by atoms with Crippen molar-refractivity contribution in [3.63, 3.8) is 0 Å². The van der Waals surface area contributed by atoms with Crippen molar-refractivity contribution >= 4 is 11.7 Å². The minimum absolute atomic E-state index is 0.138. The highest BCUT2D eigenvalue weighted by Gasteiger charge is 2.40. The molecule has 0 spiro atoms.